The van der Waals surface area contributed by atoms with Crippen LogP contribution < -0.4 is 5.32 Å². The van der Waals surface area contributed by atoms with Crippen LogP contribution in [0, 0.1) is 5.82 Å². The zero-order chi connectivity index (χ0) is 20.9. The SMILES string of the molecule is O=C(NCCN1CCOCC1)c1cc(-c2ccc(-c3ccc(F)c(Cl)c3)cc2)cs1. The molecule has 1 aliphatic heterocycles. The zero-order valence-electron chi connectivity index (χ0n) is 16.4. The largest absolute Gasteiger partial charge is 0.379 e. The van der Waals surface area contributed by atoms with E-state index in [-0.39, 0.29) is 10.9 Å². The summed E-state index contributed by atoms with van der Waals surface area (Å²) in [5, 5.41) is 5.09. The summed E-state index contributed by atoms with van der Waals surface area (Å²) in [6.45, 7) is 4.81. The monoisotopic (exact) mass is 444 g/mol. The first-order valence-corrected chi connectivity index (χ1v) is 11.1. The summed E-state index contributed by atoms with van der Waals surface area (Å²) in [4.78, 5) is 15.4. The first kappa shape index (κ1) is 21.0. The minimum absolute atomic E-state index is 0.0444. The fraction of sp³-hybridized carbons (Fsp3) is 0.261. The molecule has 30 heavy (non-hydrogen) atoms. The molecule has 0 spiro atoms. The molecule has 1 aromatic heterocycles. The maximum Gasteiger partial charge on any atom is 0.261 e. The topological polar surface area (TPSA) is 41.6 Å². The number of morpholine rings is 1. The average molecular weight is 445 g/mol. The van der Waals surface area contributed by atoms with Gasteiger partial charge in [0.15, 0.2) is 0 Å². The van der Waals surface area contributed by atoms with E-state index in [4.69, 9.17) is 16.3 Å². The number of hydrogen-bond donors (Lipinski definition) is 1. The number of carbonyl (C=O) groups is 1. The van der Waals surface area contributed by atoms with Gasteiger partial charge in [-0.25, -0.2) is 4.39 Å². The van der Waals surface area contributed by atoms with Crippen molar-refractivity contribution in [2.45, 2.75) is 0 Å². The number of halogens is 2. The third kappa shape index (κ3) is 5.08. The first-order chi connectivity index (χ1) is 14.6. The lowest BCUT2D eigenvalue weighted by molar-refractivity contribution is 0.0383. The highest BCUT2D eigenvalue weighted by atomic mass is 35.5. The van der Waals surface area contributed by atoms with Crippen LogP contribution in [0.3, 0.4) is 0 Å². The highest BCUT2D eigenvalue weighted by molar-refractivity contribution is 7.12. The Bertz CT molecular complexity index is 1020. The second-order valence-corrected chi connectivity index (χ2v) is 8.43. The number of nitrogens with zero attached hydrogens (tertiary/aromatic N) is 1. The van der Waals surface area contributed by atoms with Crippen molar-refractivity contribution in [3.63, 3.8) is 0 Å². The normalized spacial score (nSPS) is 14.6. The van der Waals surface area contributed by atoms with Gasteiger partial charge in [0.1, 0.15) is 5.82 Å². The van der Waals surface area contributed by atoms with Gasteiger partial charge in [0, 0.05) is 26.2 Å². The van der Waals surface area contributed by atoms with E-state index < -0.39 is 5.82 Å². The van der Waals surface area contributed by atoms with Crippen molar-refractivity contribution < 1.29 is 13.9 Å². The highest BCUT2D eigenvalue weighted by Crippen LogP contribution is 2.29. The van der Waals surface area contributed by atoms with Crippen LogP contribution in [-0.2, 0) is 4.74 Å². The van der Waals surface area contributed by atoms with Crippen LogP contribution in [0.4, 0.5) is 4.39 Å². The molecule has 1 fully saturated rings. The summed E-state index contributed by atoms with van der Waals surface area (Å²) in [7, 11) is 0. The predicted molar refractivity (Wildman–Crippen MR) is 120 cm³/mol. The molecular formula is C23H22ClFN2O2S. The molecule has 0 bridgehead atoms. The minimum Gasteiger partial charge on any atom is -0.379 e. The molecule has 0 saturated carbocycles. The Kier molecular flexibility index (Phi) is 6.79. The van der Waals surface area contributed by atoms with Gasteiger partial charge in [0.2, 0.25) is 0 Å². The molecule has 2 aromatic carbocycles. The van der Waals surface area contributed by atoms with Crippen LogP contribution in [0.5, 0.6) is 0 Å². The summed E-state index contributed by atoms with van der Waals surface area (Å²) in [6, 6.07) is 14.5. The van der Waals surface area contributed by atoms with E-state index in [0.717, 1.165) is 55.1 Å². The van der Waals surface area contributed by atoms with Crippen molar-refractivity contribution in [3.8, 4) is 22.3 Å². The van der Waals surface area contributed by atoms with Gasteiger partial charge in [-0.1, -0.05) is 41.9 Å². The van der Waals surface area contributed by atoms with E-state index in [0.29, 0.717) is 11.4 Å². The fourth-order valence-corrected chi connectivity index (χ4v) is 4.39. The maximum atomic E-state index is 13.4. The first-order valence-electron chi connectivity index (χ1n) is 9.83. The molecular weight excluding hydrogens is 423 g/mol. The van der Waals surface area contributed by atoms with E-state index in [2.05, 4.69) is 10.2 Å². The molecule has 0 unspecified atom stereocenters. The number of amides is 1. The second-order valence-electron chi connectivity index (χ2n) is 7.12. The lowest BCUT2D eigenvalue weighted by Gasteiger charge is -2.26. The minimum atomic E-state index is -0.425. The van der Waals surface area contributed by atoms with Gasteiger partial charge in [-0.3, -0.25) is 9.69 Å². The third-order valence-electron chi connectivity index (χ3n) is 5.11. The van der Waals surface area contributed by atoms with Crippen LogP contribution in [0.15, 0.2) is 53.9 Å². The molecule has 0 atom stereocenters. The Labute approximate surface area is 184 Å². The van der Waals surface area contributed by atoms with Gasteiger partial charge in [-0.15, -0.1) is 11.3 Å². The maximum absolute atomic E-state index is 13.4. The quantitative estimate of drug-likeness (QED) is 0.585. The summed E-state index contributed by atoms with van der Waals surface area (Å²) in [6.07, 6.45) is 0. The molecule has 4 rings (SSSR count). The molecule has 1 amide bonds. The van der Waals surface area contributed by atoms with Crippen molar-refractivity contribution in [2.75, 3.05) is 39.4 Å². The van der Waals surface area contributed by atoms with E-state index in [1.54, 1.807) is 12.1 Å². The van der Waals surface area contributed by atoms with Crippen molar-refractivity contribution in [3.05, 3.63) is 69.6 Å². The number of rotatable bonds is 6. The number of hydrogen-bond acceptors (Lipinski definition) is 4. The van der Waals surface area contributed by atoms with E-state index >= 15 is 0 Å². The average Bonchev–Trinajstić information content (AvgIpc) is 3.27. The van der Waals surface area contributed by atoms with Gasteiger partial charge in [0.05, 0.1) is 23.1 Å². The predicted octanol–water partition coefficient (Wildman–Crippen LogP) is 4.94. The van der Waals surface area contributed by atoms with Crippen LogP contribution in [0.25, 0.3) is 22.3 Å². The smallest absolute Gasteiger partial charge is 0.261 e. The molecule has 2 heterocycles. The summed E-state index contributed by atoms with van der Waals surface area (Å²) >= 11 is 7.32. The molecule has 0 radical (unpaired) electrons. The van der Waals surface area contributed by atoms with Gasteiger partial charge in [0.25, 0.3) is 5.91 Å². The van der Waals surface area contributed by atoms with Gasteiger partial charge in [-0.2, -0.15) is 0 Å². The van der Waals surface area contributed by atoms with Crippen LogP contribution in [0.2, 0.25) is 5.02 Å². The molecule has 1 N–H and O–H groups in total. The number of nitrogens with one attached hydrogen (secondary N) is 1. The van der Waals surface area contributed by atoms with Gasteiger partial charge >= 0.3 is 0 Å². The molecule has 156 valence electrons. The Balaban J connectivity index is 1.37. The Morgan fingerprint density at radius 1 is 1.03 bits per heavy atom. The Morgan fingerprint density at radius 2 is 1.70 bits per heavy atom. The highest BCUT2D eigenvalue weighted by Gasteiger charge is 2.13. The molecule has 3 aromatic rings. The van der Waals surface area contributed by atoms with Gasteiger partial charge in [-0.05, 0) is 45.8 Å². The van der Waals surface area contributed by atoms with E-state index in [9.17, 15) is 9.18 Å². The third-order valence-corrected chi connectivity index (χ3v) is 6.33. The number of carbonyl (C=O) groups excluding carboxylic acids is 1. The molecule has 1 aliphatic rings. The lowest BCUT2D eigenvalue weighted by Crippen LogP contribution is -2.41. The van der Waals surface area contributed by atoms with Crippen molar-refractivity contribution in [2.24, 2.45) is 0 Å². The van der Waals surface area contributed by atoms with Gasteiger partial charge < -0.3 is 10.1 Å². The molecule has 1 saturated heterocycles. The second kappa shape index (κ2) is 9.71. The van der Waals surface area contributed by atoms with E-state index in [1.807, 2.05) is 35.7 Å². The fourth-order valence-electron chi connectivity index (χ4n) is 3.38. The Morgan fingerprint density at radius 3 is 2.40 bits per heavy atom. The standard InChI is InChI=1S/C23H22ClFN2O2S/c24-20-13-18(5-6-21(20)25)16-1-3-17(4-2-16)19-14-22(30-15-19)23(28)26-7-8-27-9-11-29-12-10-27/h1-6,13-15H,7-12H2,(H,26,28). The number of benzene rings is 2. The lowest BCUT2D eigenvalue weighted by atomic mass is 10.0. The van der Waals surface area contributed by atoms with Crippen LogP contribution in [0.1, 0.15) is 9.67 Å². The summed E-state index contributed by atoms with van der Waals surface area (Å²) in [5.74, 6) is -0.469. The van der Waals surface area contributed by atoms with Crippen molar-refractivity contribution >= 4 is 28.8 Å². The van der Waals surface area contributed by atoms with Crippen molar-refractivity contribution in [1.82, 2.24) is 10.2 Å². The molecule has 7 heteroatoms. The summed E-state index contributed by atoms with van der Waals surface area (Å²) < 4.78 is 18.7. The van der Waals surface area contributed by atoms with Crippen LogP contribution in [-0.4, -0.2) is 50.2 Å². The zero-order valence-corrected chi connectivity index (χ0v) is 17.9. The van der Waals surface area contributed by atoms with E-state index in [1.165, 1.54) is 17.4 Å². The molecule has 4 nitrogen and oxygen atoms in total. The van der Waals surface area contributed by atoms with Crippen molar-refractivity contribution in [1.29, 1.82) is 0 Å². The Hall–Kier alpha value is -2.25. The summed E-state index contributed by atoms with van der Waals surface area (Å²) in [5.41, 5.74) is 3.84. The number of thiophene rings is 1. The van der Waals surface area contributed by atoms with Crippen LogP contribution >= 0.6 is 22.9 Å². The number of ether oxygens (including phenoxy) is 1. The molecule has 0 aliphatic carbocycles.